The predicted molar refractivity (Wildman–Crippen MR) is 104 cm³/mol. The van der Waals surface area contributed by atoms with E-state index in [1.807, 2.05) is 20.8 Å². The summed E-state index contributed by atoms with van der Waals surface area (Å²) >= 11 is 0. The average Bonchev–Trinajstić information content (AvgIpc) is 2.62. The zero-order chi connectivity index (χ0) is 20.9. The fourth-order valence-electron chi connectivity index (χ4n) is 2.66. The first-order valence-electron chi connectivity index (χ1n) is 10.0. The zero-order valence-corrected chi connectivity index (χ0v) is 17.9. The van der Waals surface area contributed by atoms with E-state index in [9.17, 15) is 22.6 Å². The van der Waals surface area contributed by atoms with Gasteiger partial charge in [0.05, 0.1) is 13.0 Å². The number of carbonyl (C=O) groups excluding carboxylic acids is 2. The number of rotatable bonds is 15. The highest BCUT2D eigenvalue weighted by atomic mass is 32.2. The highest BCUT2D eigenvalue weighted by molar-refractivity contribution is 7.87. The van der Waals surface area contributed by atoms with Crippen LogP contribution in [0.4, 0.5) is 0 Å². The lowest BCUT2D eigenvalue weighted by atomic mass is 10.0. The van der Waals surface area contributed by atoms with Crippen LogP contribution in [0.15, 0.2) is 0 Å². The molecule has 0 aromatic rings. The lowest BCUT2D eigenvalue weighted by molar-refractivity contribution is -0.154. The maximum absolute atomic E-state index is 12.2. The predicted octanol–water partition coefficient (Wildman–Crippen LogP) is 3.90. The zero-order valence-electron chi connectivity index (χ0n) is 17.1. The van der Waals surface area contributed by atoms with Gasteiger partial charge in [0.25, 0.3) is 10.1 Å². The van der Waals surface area contributed by atoms with Crippen molar-refractivity contribution in [2.45, 2.75) is 96.8 Å². The molecule has 0 aromatic carbocycles. The number of unbranched alkanes of at least 4 members (excludes halogenated alkanes) is 2. The minimum atomic E-state index is -4.77. The summed E-state index contributed by atoms with van der Waals surface area (Å²) in [5.41, 5.74) is 0. The number of ether oxygens (including phenoxy) is 2. The van der Waals surface area contributed by atoms with Crippen molar-refractivity contribution in [3.05, 3.63) is 0 Å². The van der Waals surface area contributed by atoms with Crippen LogP contribution in [0.25, 0.3) is 0 Å². The van der Waals surface area contributed by atoms with Gasteiger partial charge in [-0.25, -0.2) is 0 Å². The van der Waals surface area contributed by atoms with Crippen LogP contribution in [-0.2, 0) is 29.2 Å². The summed E-state index contributed by atoms with van der Waals surface area (Å²) in [6, 6.07) is 0. The third kappa shape index (κ3) is 11.3. The maximum atomic E-state index is 12.2. The lowest BCUT2D eigenvalue weighted by Crippen LogP contribution is -2.36. The van der Waals surface area contributed by atoms with Crippen molar-refractivity contribution in [2.75, 3.05) is 6.61 Å². The Hall–Kier alpha value is -1.15. The van der Waals surface area contributed by atoms with Crippen LogP contribution in [0, 0.1) is 5.92 Å². The van der Waals surface area contributed by atoms with E-state index in [1.54, 1.807) is 0 Å². The Morgan fingerprint density at radius 2 is 1.56 bits per heavy atom. The van der Waals surface area contributed by atoms with Crippen LogP contribution in [0.3, 0.4) is 0 Å². The molecule has 7 nitrogen and oxygen atoms in total. The third-order valence-corrected chi connectivity index (χ3v) is 5.69. The molecule has 0 aliphatic heterocycles. The molecule has 0 heterocycles. The van der Waals surface area contributed by atoms with Crippen LogP contribution in [0.2, 0.25) is 0 Å². The Labute approximate surface area is 163 Å². The van der Waals surface area contributed by atoms with Gasteiger partial charge in [0.2, 0.25) is 0 Å². The molecule has 0 aliphatic rings. The molecule has 1 N–H and O–H groups in total. The topological polar surface area (TPSA) is 107 Å². The molecule has 0 amide bonds. The molecule has 3 atom stereocenters. The average molecular weight is 409 g/mol. The molecule has 0 saturated heterocycles. The molecule has 0 bridgehead atoms. The van der Waals surface area contributed by atoms with Gasteiger partial charge in [-0.3, -0.25) is 14.1 Å². The van der Waals surface area contributed by atoms with Gasteiger partial charge in [0.15, 0.2) is 5.25 Å². The summed E-state index contributed by atoms with van der Waals surface area (Å²) in [7, 11) is -4.77. The minimum absolute atomic E-state index is 0.0739. The molecule has 3 unspecified atom stereocenters. The second-order valence-corrected chi connectivity index (χ2v) is 8.52. The second kappa shape index (κ2) is 13.9. The van der Waals surface area contributed by atoms with Crippen molar-refractivity contribution in [3.8, 4) is 0 Å². The molecular formula is C19H36O7S. The minimum Gasteiger partial charge on any atom is -0.464 e. The van der Waals surface area contributed by atoms with Crippen molar-refractivity contribution in [2.24, 2.45) is 5.92 Å². The standard InChI is InChI=1S/C19H36O7S/c1-5-9-11-15(7-3)14-25-19(21)17(27(22,23)24)13-18(20)26-16(8-4)12-10-6-2/h15-17H,5-14H2,1-4H3,(H,22,23,24). The van der Waals surface area contributed by atoms with Gasteiger partial charge < -0.3 is 9.47 Å². The van der Waals surface area contributed by atoms with Crippen LogP contribution in [0.5, 0.6) is 0 Å². The largest absolute Gasteiger partial charge is 0.464 e. The quantitative estimate of drug-likeness (QED) is 0.323. The first kappa shape index (κ1) is 25.9. The maximum Gasteiger partial charge on any atom is 0.327 e. The van der Waals surface area contributed by atoms with E-state index in [2.05, 4.69) is 6.92 Å². The van der Waals surface area contributed by atoms with Crippen LogP contribution in [-0.4, -0.2) is 42.9 Å². The highest BCUT2D eigenvalue weighted by Gasteiger charge is 2.36. The van der Waals surface area contributed by atoms with E-state index in [0.29, 0.717) is 12.8 Å². The van der Waals surface area contributed by atoms with Gasteiger partial charge in [-0.2, -0.15) is 8.42 Å². The van der Waals surface area contributed by atoms with Gasteiger partial charge in [-0.15, -0.1) is 0 Å². The van der Waals surface area contributed by atoms with Gasteiger partial charge in [-0.05, 0) is 25.2 Å². The molecule has 0 fully saturated rings. The van der Waals surface area contributed by atoms with Gasteiger partial charge >= 0.3 is 11.9 Å². The third-order valence-electron chi connectivity index (χ3n) is 4.61. The molecular weight excluding hydrogens is 372 g/mol. The smallest absolute Gasteiger partial charge is 0.327 e. The summed E-state index contributed by atoms with van der Waals surface area (Å²) < 4.78 is 42.8. The summed E-state index contributed by atoms with van der Waals surface area (Å²) in [6.45, 7) is 7.98. The van der Waals surface area contributed by atoms with E-state index in [1.165, 1.54) is 0 Å². The molecule has 27 heavy (non-hydrogen) atoms. The van der Waals surface area contributed by atoms with E-state index in [4.69, 9.17) is 9.47 Å². The number of hydrogen-bond donors (Lipinski definition) is 1. The van der Waals surface area contributed by atoms with E-state index >= 15 is 0 Å². The second-order valence-electron chi connectivity index (χ2n) is 6.92. The highest BCUT2D eigenvalue weighted by Crippen LogP contribution is 2.16. The van der Waals surface area contributed by atoms with Crippen LogP contribution < -0.4 is 0 Å². The molecule has 0 rings (SSSR count). The number of hydrogen-bond acceptors (Lipinski definition) is 6. The van der Waals surface area contributed by atoms with Crippen LogP contribution in [0.1, 0.15) is 85.5 Å². The summed E-state index contributed by atoms with van der Waals surface area (Å²) in [4.78, 5) is 24.2. The van der Waals surface area contributed by atoms with E-state index in [-0.39, 0.29) is 18.6 Å². The Kier molecular flexibility index (Phi) is 13.3. The van der Waals surface area contributed by atoms with Crippen molar-refractivity contribution >= 4 is 22.1 Å². The SMILES string of the molecule is CCCCC(CC)COC(=O)C(CC(=O)OC(CC)CCCC)S(=O)(=O)O. The molecule has 0 spiro atoms. The summed E-state index contributed by atoms with van der Waals surface area (Å²) in [5.74, 6) is -1.80. The normalized spacial score (nSPS) is 15.0. The number of carbonyl (C=O) groups is 2. The molecule has 0 aromatic heterocycles. The van der Waals surface area contributed by atoms with Crippen molar-refractivity contribution in [1.29, 1.82) is 0 Å². The van der Waals surface area contributed by atoms with Gasteiger partial charge in [-0.1, -0.05) is 59.8 Å². The van der Waals surface area contributed by atoms with E-state index in [0.717, 1.165) is 38.5 Å². The Bertz CT molecular complexity index is 530. The fraction of sp³-hybridized carbons (Fsp3) is 0.895. The molecule has 0 radical (unpaired) electrons. The van der Waals surface area contributed by atoms with Crippen LogP contribution >= 0.6 is 0 Å². The summed E-state index contributed by atoms with van der Waals surface area (Å²) in [6.07, 6.45) is 5.70. The van der Waals surface area contributed by atoms with Crippen molar-refractivity contribution in [1.82, 2.24) is 0 Å². The molecule has 0 aliphatic carbocycles. The molecule has 160 valence electrons. The number of esters is 2. The monoisotopic (exact) mass is 408 g/mol. The summed E-state index contributed by atoms with van der Waals surface area (Å²) in [5, 5.41) is -1.95. The molecule has 8 heteroatoms. The first-order chi connectivity index (χ1) is 12.7. The first-order valence-corrected chi connectivity index (χ1v) is 11.5. The lowest BCUT2D eigenvalue weighted by Gasteiger charge is -2.19. The molecule has 0 saturated carbocycles. The van der Waals surface area contributed by atoms with Gasteiger partial charge in [0.1, 0.15) is 6.10 Å². The van der Waals surface area contributed by atoms with Gasteiger partial charge in [0, 0.05) is 0 Å². The Morgan fingerprint density at radius 1 is 0.963 bits per heavy atom. The Morgan fingerprint density at radius 3 is 2.04 bits per heavy atom. The fourth-order valence-corrected chi connectivity index (χ4v) is 3.32. The van der Waals surface area contributed by atoms with Crippen molar-refractivity contribution in [3.63, 3.8) is 0 Å². The van der Waals surface area contributed by atoms with Crippen molar-refractivity contribution < 1.29 is 32.0 Å². The Balaban J connectivity index is 4.83. The van der Waals surface area contributed by atoms with E-state index < -0.39 is 33.7 Å².